The summed E-state index contributed by atoms with van der Waals surface area (Å²) in [6.45, 7) is 9.28. The Bertz CT molecular complexity index is 889. The topological polar surface area (TPSA) is 95.7 Å². The van der Waals surface area contributed by atoms with Crippen LogP contribution in [0, 0.1) is 35.0 Å². The van der Waals surface area contributed by atoms with Gasteiger partial charge in [0.15, 0.2) is 5.78 Å². The lowest BCUT2D eigenvalue weighted by Crippen LogP contribution is -2.47. The molecule has 0 spiro atoms. The van der Waals surface area contributed by atoms with E-state index in [4.69, 9.17) is 14.2 Å². The van der Waals surface area contributed by atoms with Gasteiger partial charge in [0.2, 0.25) is 0 Å². The van der Waals surface area contributed by atoms with Gasteiger partial charge in [0, 0.05) is 13.0 Å². The maximum atomic E-state index is 13.6. The van der Waals surface area contributed by atoms with Crippen LogP contribution in [0.2, 0.25) is 0 Å². The van der Waals surface area contributed by atoms with Crippen LogP contribution in [0.25, 0.3) is 0 Å². The summed E-state index contributed by atoms with van der Waals surface area (Å²) in [5, 5.41) is 19.0. The number of fused-ring (bicyclic) bond motifs is 3. The Balaban J connectivity index is 1.28. The smallest absolute Gasteiger partial charge is 0.157 e. The van der Waals surface area contributed by atoms with Crippen LogP contribution in [0.3, 0.4) is 0 Å². The van der Waals surface area contributed by atoms with Gasteiger partial charge in [-0.2, -0.15) is 0 Å². The lowest BCUT2D eigenvalue weighted by Gasteiger charge is -2.53. The van der Waals surface area contributed by atoms with E-state index in [1.807, 2.05) is 13.1 Å². The van der Waals surface area contributed by atoms with E-state index in [0.717, 1.165) is 55.6 Å². The third-order valence-corrected chi connectivity index (χ3v) is 10.4. The van der Waals surface area contributed by atoms with E-state index in [-0.39, 0.29) is 11.3 Å². The minimum absolute atomic E-state index is 0.102. The number of aliphatic hydroxyl groups is 1. The van der Waals surface area contributed by atoms with Gasteiger partial charge in [0.05, 0.1) is 44.8 Å². The number of carbonyl (C=O) groups excluding carboxylic acids is 1. The molecule has 38 heavy (non-hydrogen) atoms. The number of ether oxygens (including phenoxy) is 3. The predicted octanol–water partition coefficient (Wildman–Crippen LogP) is 4.83. The SMILES string of the molecule is CCC(C)(O)CC[C@H]1CCC[C@@H]2[C@@H]1CC[C@]1(C)[C@@H](C(=O)Cn3cc(COCCOCCOC)nn3)CC[C@@H]21. The van der Waals surface area contributed by atoms with Crippen LogP contribution in [0.1, 0.15) is 90.7 Å². The first kappa shape index (κ1) is 29.6. The van der Waals surface area contributed by atoms with Gasteiger partial charge in [0.25, 0.3) is 0 Å². The Hall–Kier alpha value is -1.35. The van der Waals surface area contributed by atoms with E-state index in [0.29, 0.717) is 51.3 Å². The summed E-state index contributed by atoms with van der Waals surface area (Å²) in [5.74, 6) is 3.32. The first-order valence-electron chi connectivity index (χ1n) is 15.1. The number of carbonyl (C=O) groups is 1. The van der Waals surface area contributed by atoms with E-state index in [2.05, 4.69) is 24.2 Å². The molecule has 1 N–H and O–H groups in total. The normalized spacial score (nSPS) is 32.5. The van der Waals surface area contributed by atoms with Crippen molar-refractivity contribution in [2.75, 3.05) is 33.5 Å². The summed E-state index contributed by atoms with van der Waals surface area (Å²) >= 11 is 0. The van der Waals surface area contributed by atoms with Crippen molar-refractivity contribution in [1.29, 1.82) is 0 Å². The van der Waals surface area contributed by atoms with E-state index in [1.54, 1.807) is 11.8 Å². The van der Waals surface area contributed by atoms with Crippen LogP contribution in [0.15, 0.2) is 6.20 Å². The average Bonchev–Trinajstić information content (AvgIpc) is 3.50. The second-order valence-electron chi connectivity index (χ2n) is 12.7. The minimum Gasteiger partial charge on any atom is -0.390 e. The van der Waals surface area contributed by atoms with E-state index in [1.165, 1.54) is 32.1 Å². The Morgan fingerprint density at radius 2 is 1.92 bits per heavy atom. The molecular weight excluding hydrogens is 482 g/mol. The molecule has 1 aromatic rings. The van der Waals surface area contributed by atoms with Gasteiger partial charge in [0.1, 0.15) is 12.2 Å². The van der Waals surface area contributed by atoms with Gasteiger partial charge in [-0.15, -0.1) is 5.10 Å². The number of Topliss-reactive ketones (excluding diaryl/α,β-unsaturated/α-hetero) is 1. The Morgan fingerprint density at radius 3 is 2.71 bits per heavy atom. The Morgan fingerprint density at radius 1 is 1.13 bits per heavy atom. The van der Waals surface area contributed by atoms with Gasteiger partial charge < -0.3 is 19.3 Å². The summed E-state index contributed by atoms with van der Waals surface area (Å²) in [5.41, 5.74) is 0.304. The maximum Gasteiger partial charge on any atom is 0.157 e. The second kappa shape index (κ2) is 13.3. The summed E-state index contributed by atoms with van der Waals surface area (Å²) in [4.78, 5) is 13.6. The second-order valence-corrected chi connectivity index (χ2v) is 12.7. The quantitative estimate of drug-likeness (QED) is 0.323. The maximum absolute atomic E-state index is 13.6. The molecular formula is C30H51N3O5. The highest BCUT2D eigenvalue weighted by Gasteiger charge is 2.56. The van der Waals surface area contributed by atoms with Gasteiger partial charge in [-0.25, -0.2) is 4.68 Å². The lowest BCUT2D eigenvalue weighted by atomic mass is 9.52. The molecule has 0 aromatic carbocycles. The number of ketones is 1. The molecule has 3 aliphatic rings. The summed E-state index contributed by atoms with van der Waals surface area (Å²) in [7, 11) is 1.65. The standard InChI is InChI=1S/C30H51N3O5/c1-5-29(2,35)13-11-22-7-6-8-25-24(22)12-14-30(3)26(25)9-10-27(30)28(34)20-33-19-23(31-32-33)21-38-18-17-37-16-15-36-4/h19,22,24-27,35H,5-18,20-21H2,1-4H3/t22-,24-,25-,26+,27-,29?,30+/m1/s1. The molecule has 8 nitrogen and oxygen atoms in total. The van der Waals surface area contributed by atoms with E-state index in [9.17, 15) is 9.90 Å². The molecule has 1 aromatic heterocycles. The van der Waals surface area contributed by atoms with Crippen molar-refractivity contribution in [1.82, 2.24) is 15.0 Å². The summed E-state index contributed by atoms with van der Waals surface area (Å²) in [6.07, 6.45) is 13.2. The average molecular weight is 534 g/mol. The van der Waals surface area contributed by atoms with Crippen LogP contribution in [-0.4, -0.2) is 65.0 Å². The third kappa shape index (κ3) is 7.04. The molecule has 0 bridgehead atoms. The highest BCUT2D eigenvalue weighted by atomic mass is 16.5. The van der Waals surface area contributed by atoms with Crippen LogP contribution in [-0.2, 0) is 32.2 Å². The summed E-state index contributed by atoms with van der Waals surface area (Å²) < 4.78 is 17.7. The highest BCUT2D eigenvalue weighted by Crippen LogP contribution is 2.63. The molecule has 3 fully saturated rings. The Labute approximate surface area is 229 Å². The zero-order chi connectivity index (χ0) is 27.2. The van der Waals surface area contributed by atoms with Gasteiger partial charge in [-0.3, -0.25) is 4.79 Å². The van der Waals surface area contributed by atoms with Crippen LogP contribution < -0.4 is 0 Å². The van der Waals surface area contributed by atoms with E-state index < -0.39 is 5.60 Å². The van der Waals surface area contributed by atoms with Crippen molar-refractivity contribution < 1.29 is 24.1 Å². The first-order valence-corrected chi connectivity index (χ1v) is 15.1. The van der Waals surface area contributed by atoms with Crippen molar-refractivity contribution in [2.45, 2.75) is 104 Å². The van der Waals surface area contributed by atoms with Gasteiger partial charge in [-0.05, 0) is 87.4 Å². The fraction of sp³-hybridized carbons (Fsp3) is 0.900. The zero-order valence-electron chi connectivity index (χ0n) is 24.2. The predicted molar refractivity (Wildman–Crippen MR) is 145 cm³/mol. The number of methoxy groups -OCH3 is 1. The molecule has 7 atom stereocenters. The molecule has 1 heterocycles. The van der Waals surface area contributed by atoms with Crippen LogP contribution in [0.4, 0.5) is 0 Å². The van der Waals surface area contributed by atoms with Crippen molar-refractivity contribution in [3.8, 4) is 0 Å². The molecule has 4 rings (SSSR count). The fourth-order valence-electron chi connectivity index (χ4n) is 8.00. The lowest BCUT2D eigenvalue weighted by molar-refractivity contribution is -0.130. The highest BCUT2D eigenvalue weighted by molar-refractivity contribution is 5.82. The first-order chi connectivity index (χ1) is 18.3. The van der Waals surface area contributed by atoms with Crippen LogP contribution in [0.5, 0.6) is 0 Å². The number of aromatic nitrogens is 3. The van der Waals surface area contributed by atoms with Crippen molar-refractivity contribution in [3.05, 3.63) is 11.9 Å². The summed E-state index contributed by atoms with van der Waals surface area (Å²) in [6, 6.07) is 0. The van der Waals surface area contributed by atoms with E-state index >= 15 is 0 Å². The molecule has 0 aliphatic heterocycles. The van der Waals surface area contributed by atoms with Crippen molar-refractivity contribution >= 4 is 5.78 Å². The van der Waals surface area contributed by atoms with Crippen molar-refractivity contribution in [2.24, 2.45) is 35.0 Å². The third-order valence-electron chi connectivity index (χ3n) is 10.4. The zero-order valence-corrected chi connectivity index (χ0v) is 24.2. The van der Waals surface area contributed by atoms with Gasteiger partial charge in [-0.1, -0.05) is 31.9 Å². The number of nitrogens with zero attached hydrogens (tertiary/aromatic N) is 3. The molecule has 0 amide bonds. The molecule has 8 heteroatoms. The molecule has 0 radical (unpaired) electrons. The Kier molecular flexibility index (Phi) is 10.4. The van der Waals surface area contributed by atoms with Gasteiger partial charge >= 0.3 is 0 Å². The molecule has 1 unspecified atom stereocenters. The minimum atomic E-state index is -0.535. The number of rotatable bonds is 15. The number of hydrogen-bond donors (Lipinski definition) is 1. The molecule has 216 valence electrons. The van der Waals surface area contributed by atoms with Crippen LogP contribution >= 0.6 is 0 Å². The molecule has 0 saturated heterocycles. The van der Waals surface area contributed by atoms with Crippen molar-refractivity contribution in [3.63, 3.8) is 0 Å². The fourth-order valence-corrected chi connectivity index (χ4v) is 8.00. The molecule has 3 saturated carbocycles. The molecule has 3 aliphatic carbocycles. The monoisotopic (exact) mass is 533 g/mol. The number of hydrogen-bond acceptors (Lipinski definition) is 7. The largest absolute Gasteiger partial charge is 0.390 e.